The molecule has 0 spiro atoms. The molecule has 1 aromatic carbocycles. The number of aromatic nitrogens is 1. The summed E-state index contributed by atoms with van der Waals surface area (Å²) in [6.45, 7) is 0. The lowest BCUT2D eigenvalue weighted by Gasteiger charge is -2.04. The first kappa shape index (κ1) is 7.98. The molecule has 1 aromatic heterocycles. The van der Waals surface area contributed by atoms with Crippen molar-refractivity contribution in [3.63, 3.8) is 0 Å². The molecule has 0 amide bonds. The number of nitrogens with zero attached hydrogens (tertiary/aromatic N) is 1. The fraction of sp³-hybridized carbons (Fsp3) is 0.200. The van der Waals surface area contributed by atoms with Crippen LogP contribution in [0, 0.1) is 0 Å². The predicted octanol–water partition coefficient (Wildman–Crippen LogP) is 1.89. The molecule has 0 bridgehead atoms. The Morgan fingerprint density at radius 2 is 2.15 bits per heavy atom. The lowest BCUT2D eigenvalue weighted by Crippen LogP contribution is -1.87. The highest BCUT2D eigenvalue weighted by molar-refractivity contribution is 5.83. The number of methoxy groups -OCH3 is 1. The number of hydrogen-bond acceptors (Lipinski definition) is 2. The molecule has 0 fully saturated rings. The van der Waals surface area contributed by atoms with Gasteiger partial charge in [0.25, 0.3) is 0 Å². The van der Waals surface area contributed by atoms with Gasteiger partial charge in [-0.15, -0.1) is 0 Å². The first-order valence-electron chi connectivity index (χ1n) is 4.04. The van der Waals surface area contributed by atoms with Crippen LogP contribution in [0.2, 0.25) is 0 Å². The Morgan fingerprint density at radius 3 is 2.85 bits per heavy atom. The number of hydrogen-bond donors (Lipinski definition) is 1. The molecular weight excluding hydrogens is 166 g/mol. The highest BCUT2D eigenvalue weighted by Gasteiger charge is 2.05. The van der Waals surface area contributed by atoms with Gasteiger partial charge in [-0.25, -0.2) is 0 Å². The molecule has 0 aliphatic heterocycles. The SMILES string of the molecule is COc1cc2c(ccn2C)cc1O. The molecule has 3 nitrogen and oxygen atoms in total. The van der Waals surface area contributed by atoms with Crippen LogP contribution in [0.1, 0.15) is 0 Å². The number of ether oxygens (including phenoxy) is 1. The van der Waals surface area contributed by atoms with Gasteiger partial charge in [0.05, 0.1) is 12.6 Å². The lowest BCUT2D eigenvalue weighted by atomic mass is 10.2. The normalized spacial score (nSPS) is 10.6. The van der Waals surface area contributed by atoms with Crippen LogP contribution in [0.4, 0.5) is 0 Å². The summed E-state index contributed by atoms with van der Waals surface area (Å²) in [6, 6.07) is 5.48. The average molecular weight is 177 g/mol. The van der Waals surface area contributed by atoms with E-state index < -0.39 is 0 Å². The van der Waals surface area contributed by atoms with Crippen LogP contribution in [0.3, 0.4) is 0 Å². The number of phenolic OH excluding ortho intramolecular Hbond substituents is 1. The fourth-order valence-corrected chi connectivity index (χ4v) is 1.45. The van der Waals surface area contributed by atoms with Gasteiger partial charge in [0.2, 0.25) is 0 Å². The third kappa shape index (κ3) is 1.13. The summed E-state index contributed by atoms with van der Waals surface area (Å²) in [7, 11) is 3.50. The molecule has 3 heteroatoms. The first-order valence-corrected chi connectivity index (χ1v) is 4.04. The molecule has 0 aliphatic rings. The fourth-order valence-electron chi connectivity index (χ4n) is 1.45. The second-order valence-electron chi connectivity index (χ2n) is 3.01. The van der Waals surface area contributed by atoms with Crippen molar-refractivity contribution in [2.75, 3.05) is 7.11 Å². The topological polar surface area (TPSA) is 34.4 Å². The maximum Gasteiger partial charge on any atom is 0.162 e. The molecule has 0 saturated carbocycles. The smallest absolute Gasteiger partial charge is 0.162 e. The number of aryl methyl sites for hydroxylation is 1. The standard InChI is InChI=1S/C10H11NO2/c1-11-4-3-7-5-9(12)10(13-2)6-8(7)11/h3-6,12H,1-2H3. The molecular formula is C10H11NO2. The second kappa shape index (κ2) is 2.69. The molecule has 68 valence electrons. The molecule has 0 atom stereocenters. The number of fused-ring (bicyclic) bond motifs is 1. The van der Waals surface area contributed by atoms with Crippen molar-refractivity contribution in [2.24, 2.45) is 7.05 Å². The third-order valence-electron chi connectivity index (χ3n) is 2.19. The van der Waals surface area contributed by atoms with Gasteiger partial charge in [-0.2, -0.15) is 0 Å². The van der Waals surface area contributed by atoms with Gasteiger partial charge in [-0.05, 0) is 12.1 Å². The van der Waals surface area contributed by atoms with Crippen LogP contribution in [0.25, 0.3) is 10.9 Å². The number of rotatable bonds is 1. The van der Waals surface area contributed by atoms with Crippen LogP contribution in [0.15, 0.2) is 24.4 Å². The van der Waals surface area contributed by atoms with Gasteiger partial charge < -0.3 is 14.4 Å². The highest BCUT2D eigenvalue weighted by Crippen LogP contribution is 2.31. The van der Waals surface area contributed by atoms with E-state index in [1.54, 1.807) is 13.2 Å². The van der Waals surface area contributed by atoms with E-state index in [0.717, 1.165) is 10.9 Å². The van der Waals surface area contributed by atoms with Crippen LogP contribution < -0.4 is 4.74 Å². The Labute approximate surface area is 76.2 Å². The van der Waals surface area contributed by atoms with Crippen LogP contribution in [-0.4, -0.2) is 16.8 Å². The van der Waals surface area contributed by atoms with E-state index in [9.17, 15) is 5.11 Å². The largest absolute Gasteiger partial charge is 0.504 e. The van der Waals surface area contributed by atoms with Crippen molar-refractivity contribution in [1.29, 1.82) is 0 Å². The Hall–Kier alpha value is -1.64. The maximum absolute atomic E-state index is 9.48. The lowest BCUT2D eigenvalue weighted by molar-refractivity contribution is 0.374. The van der Waals surface area contributed by atoms with Gasteiger partial charge in [-0.3, -0.25) is 0 Å². The summed E-state index contributed by atoms with van der Waals surface area (Å²) >= 11 is 0. The molecule has 1 N–H and O–H groups in total. The molecule has 0 saturated heterocycles. The number of aromatic hydroxyl groups is 1. The Kier molecular flexibility index (Phi) is 1.65. The van der Waals surface area contributed by atoms with Crippen molar-refractivity contribution in [2.45, 2.75) is 0 Å². The summed E-state index contributed by atoms with van der Waals surface area (Å²) in [5.74, 6) is 0.690. The van der Waals surface area contributed by atoms with E-state index >= 15 is 0 Å². The summed E-state index contributed by atoms with van der Waals surface area (Å²) < 4.78 is 7.00. The zero-order valence-electron chi connectivity index (χ0n) is 7.61. The Bertz CT molecular complexity index is 445. The molecule has 13 heavy (non-hydrogen) atoms. The van der Waals surface area contributed by atoms with Gasteiger partial charge in [0.1, 0.15) is 0 Å². The van der Waals surface area contributed by atoms with Crippen molar-refractivity contribution in [3.05, 3.63) is 24.4 Å². The summed E-state index contributed by atoms with van der Waals surface area (Å²) in [6.07, 6.45) is 1.95. The molecule has 0 aliphatic carbocycles. The second-order valence-corrected chi connectivity index (χ2v) is 3.01. The monoisotopic (exact) mass is 177 g/mol. The highest BCUT2D eigenvalue weighted by atomic mass is 16.5. The van der Waals surface area contributed by atoms with E-state index in [1.165, 1.54) is 0 Å². The summed E-state index contributed by atoms with van der Waals surface area (Å²) in [4.78, 5) is 0. The molecule has 0 radical (unpaired) electrons. The van der Waals surface area contributed by atoms with Crippen LogP contribution in [0.5, 0.6) is 11.5 Å². The minimum absolute atomic E-state index is 0.182. The van der Waals surface area contributed by atoms with Gasteiger partial charge in [0, 0.05) is 24.7 Å². The average Bonchev–Trinajstić information content (AvgIpc) is 2.46. The molecule has 0 unspecified atom stereocenters. The minimum Gasteiger partial charge on any atom is -0.504 e. The number of phenols is 1. The predicted molar refractivity (Wildman–Crippen MR) is 51.1 cm³/mol. The van der Waals surface area contributed by atoms with E-state index in [-0.39, 0.29) is 5.75 Å². The van der Waals surface area contributed by atoms with Crippen molar-refractivity contribution >= 4 is 10.9 Å². The van der Waals surface area contributed by atoms with E-state index in [4.69, 9.17) is 4.74 Å². The van der Waals surface area contributed by atoms with Crippen molar-refractivity contribution in [3.8, 4) is 11.5 Å². The van der Waals surface area contributed by atoms with Crippen molar-refractivity contribution < 1.29 is 9.84 Å². The van der Waals surface area contributed by atoms with Gasteiger partial charge >= 0.3 is 0 Å². The molecule has 1 heterocycles. The van der Waals surface area contributed by atoms with Crippen LogP contribution >= 0.6 is 0 Å². The maximum atomic E-state index is 9.48. The first-order chi connectivity index (χ1) is 6.22. The third-order valence-corrected chi connectivity index (χ3v) is 2.19. The number of benzene rings is 1. The zero-order chi connectivity index (χ0) is 9.42. The van der Waals surface area contributed by atoms with Gasteiger partial charge in [-0.1, -0.05) is 0 Å². The van der Waals surface area contributed by atoms with Crippen molar-refractivity contribution in [1.82, 2.24) is 4.57 Å². The summed E-state index contributed by atoms with van der Waals surface area (Å²) in [5.41, 5.74) is 1.05. The minimum atomic E-state index is 0.182. The quantitative estimate of drug-likeness (QED) is 0.721. The Morgan fingerprint density at radius 1 is 1.38 bits per heavy atom. The van der Waals surface area contributed by atoms with Crippen LogP contribution in [-0.2, 0) is 7.05 Å². The van der Waals surface area contributed by atoms with E-state index in [0.29, 0.717) is 5.75 Å². The molecule has 2 aromatic rings. The molecule has 2 rings (SSSR count). The Balaban J connectivity index is 2.77. The van der Waals surface area contributed by atoms with Gasteiger partial charge in [0.15, 0.2) is 11.5 Å². The zero-order valence-corrected chi connectivity index (χ0v) is 7.61. The van der Waals surface area contributed by atoms with E-state index in [1.807, 2.05) is 29.9 Å². The van der Waals surface area contributed by atoms with E-state index in [2.05, 4.69) is 0 Å². The summed E-state index contributed by atoms with van der Waals surface area (Å²) in [5, 5.41) is 10.5.